The molecule has 0 bridgehead atoms. The highest BCUT2D eigenvalue weighted by molar-refractivity contribution is 5.58. The summed E-state index contributed by atoms with van der Waals surface area (Å²) in [7, 11) is 0. The summed E-state index contributed by atoms with van der Waals surface area (Å²) in [5.41, 5.74) is 2.72. The van der Waals surface area contributed by atoms with Crippen LogP contribution in [0.2, 0.25) is 0 Å². The van der Waals surface area contributed by atoms with E-state index < -0.39 is 0 Å². The average Bonchev–Trinajstić information content (AvgIpc) is 2.40. The van der Waals surface area contributed by atoms with E-state index in [1.807, 2.05) is 6.08 Å². The van der Waals surface area contributed by atoms with E-state index in [4.69, 9.17) is 5.41 Å². The maximum absolute atomic E-state index is 7.22. The van der Waals surface area contributed by atoms with Crippen LogP contribution < -0.4 is 0 Å². The molecule has 1 saturated heterocycles. The second kappa shape index (κ2) is 5.97. The molecule has 0 aromatic carbocycles. The van der Waals surface area contributed by atoms with Crippen LogP contribution in [0.5, 0.6) is 0 Å². The van der Waals surface area contributed by atoms with Crippen molar-refractivity contribution in [2.24, 2.45) is 0 Å². The van der Waals surface area contributed by atoms with Crippen LogP contribution in [0.3, 0.4) is 0 Å². The molecule has 0 aromatic heterocycles. The van der Waals surface area contributed by atoms with Crippen LogP contribution in [-0.2, 0) is 0 Å². The van der Waals surface area contributed by atoms with Crippen molar-refractivity contribution in [2.75, 3.05) is 13.1 Å². The molecular weight excluding hydrogens is 208 g/mol. The maximum atomic E-state index is 7.22. The van der Waals surface area contributed by atoms with Crippen LogP contribution in [0, 0.1) is 5.41 Å². The third-order valence-corrected chi connectivity index (χ3v) is 3.78. The maximum Gasteiger partial charge on any atom is 0.0385 e. The Kier molecular flexibility index (Phi) is 4.32. The van der Waals surface area contributed by atoms with Crippen LogP contribution in [0.15, 0.2) is 36.0 Å². The third kappa shape index (κ3) is 2.95. The molecule has 0 amide bonds. The lowest BCUT2D eigenvalue weighted by Gasteiger charge is -2.37. The molecule has 1 heterocycles. The molecule has 0 aromatic rings. The van der Waals surface area contributed by atoms with Gasteiger partial charge in [-0.25, -0.2) is 0 Å². The van der Waals surface area contributed by atoms with E-state index in [2.05, 4.69) is 23.6 Å². The van der Waals surface area contributed by atoms with Gasteiger partial charge in [-0.1, -0.05) is 36.8 Å². The number of piperidine rings is 1. The quantitative estimate of drug-likeness (QED) is 0.737. The van der Waals surface area contributed by atoms with Gasteiger partial charge in [0.15, 0.2) is 0 Å². The Labute approximate surface area is 104 Å². The van der Waals surface area contributed by atoms with Gasteiger partial charge in [-0.3, -0.25) is 4.90 Å². The van der Waals surface area contributed by atoms with Crippen LogP contribution in [0.25, 0.3) is 0 Å². The Morgan fingerprint density at radius 2 is 2.06 bits per heavy atom. The van der Waals surface area contributed by atoms with E-state index in [-0.39, 0.29) is 0 Å². The summed E-state index contributed by atoms with van der Waals surface area (Å²) in [5, 5.41) is 7.22. The predicted molar refractivity (Wildman–Crippen MR) is 73.6 cm³/mol. The molecule has 2 heteroatoms. The van der Waals surface area contributed by atoms with Gasteiger partial charge in [-0.15, -0.1) is 0 Å². The molecule has 1 atom stereocenters. The first-order valence-corrected chi connectivity index (χ1v) is 6.60. The second-order valence-corrected chi connectivity index (χ2v) is 4.92. The van der Waals surface area contributed by atoms with Crippen molar-refractivity contribution in [3.63, 3.8) is 0 Å². The zero-order chi connectivity index (χ0) is 12.1. The predicted octanol–water partition coefficient (Wildman–Crippen LogP) is 3.32. The van der Waals surface area contributed by atoms with Gasteiger partial charge in [0.05, 0.1) is 0 Å². The van der Waals surface area contributed by atoms with E-state index in [1.165, 1.54) is 49.7 Å². The fourth-order valence-corrected chi connectivity index (χ4v) is 2.82. The summed E-state index contributed by atoms with van der Waals surface area (Å²) in [4.78, 5) is 2.59. The minimum absolute atomic E-state index is 0.507. The van der Waals surface area contributed by atoms with E-state index >= 15 is 0 Å². The summed E-state index contributed by atoms with van der Waals surface area (Å²) in [6.07, 6.45) is 13.8. The number of rotatable bonds is 4. The van der Waals surface area contributed by atoms with Gasteiger partial charge in [0.1, 0.15) is 0 Å². The molecular formula is C15H22N2. The molecule has 2 nitrogen and oxygen atoms in total. The first-order chi connectivity index (χ1) is 8.35. The van der Waals surface area contributed by atoms with Crippen molar-refractivity contribution in [3.8, 4) is 0 Å². The highest BCUT2D eigenvalue weighted by Crippen LogP contribution is 2.28. The molecule has 1 fully saturated rings. The highest BCUT2D eigenvalue weighted by atomic mass is 15.2. The molecule has 17 heavy (non-hydrogen) atoms. The molecule has 0 saturated carbocycles. The number of hydrogen-bond acceptors (Lipinski definition) is 2. The number of nitrogens with one attached hydrogen (secondary N) is 1. The molecule has 1 N–H and O–H groups in total. The fourth-order valence-electron chi connectivity index (χ4n) is 2.82. The van der Waals surface area contributed by atoms with Crippen molar-refractivity contribution in [2.45, 2.75) is 38.1 Å². The van der Waals surface area contributed by atoms with Gasteiger partial charge in [0.25, 0.3) is 0 Å². The number of nitrogens with zero attached hydrogens (tertiary/aromatic N) is 1. The number of allylic oxidation sites excluding steroid dienone is 2. The number of hydrogen-bond donors (Lipinski definition) is 1. The molecule has 1 aliphatic carbocycles. The largest absolute Gasteiger partial charge is 0.313 e. The van der Waals surface area contributed by atoms with E-state index in [1.54, 1.807) is 0 Å². The first-order valence-electron chi connectivity index (χ1n) is 6.60. The number of likely N-dealkylation sites (tertiary alicyclic amines) is 1. The van der Waals surface area contributed by atoms with Gasteiger partial charge in [0.2, 0.25) is 0 Å². The van der Waals surface area contributed by atoms with Crippen molar-refractivity contribution in [1.29, 1.82) is 5.41 Å². The Morgan fingerprint density at radius 3 is 2.71 bits per heavy atom. The van der Waals surface area contributed by atoms with Gasteiger partial charge in [-0.05, 0) is 44.1 Å². The molecule has 0 spiro atoms. The van der Waals surface area contributed by atoms with E-state index in [0.29, 0.717) is 6.04 Å². The van der Waals surface area contributed by atoms with Crippen molar-refractivity contribution < 1.29 is 0 Å². The molecule has 1 unspecified atom stereocenters. The zero-order valence-corrected chi connectivity index (χ0v) is 10.5. The minimum Gasteiger partial charge on any atom is -0.313 e. The van der Waals surface area contributed by atoms with Crippen molar-refractivity contribution in [1.82, 2.24) is 4.90 Å². The van der Waals surface area contributed by atoms with Crippen LogP contribution in [0.4, 0.5) is 0 Å². The standard InChI is InChI=1S/C15H22N2/c1-2-14-7-6-13(8-9-16)12-15(14)17-10-4-3-5-11-17/h2,6-7,9,15-16H,1,3-5,8,10-12H2. The Balaban J connectivity index is 2.10. The highest BCUT2D eigenvalue weighted by Gasteiger charge is 2.25. The second-order valence-electron chi connectivity index (χ2n) is 4.92. The van der Waals surface area contributed by atoms with Gasteiger partial charge < -0.3 is 5.41 Å². The summed E-state index contributed by atoms with van der Waals surface area (Å²) in [5.74, 6) is 0. The van der Waals surface area contributed by atoms with Crippen molar-refractivity contribution in [3.05, 3.63) is 36.0 Å². The van der Waals surface area contributed by atoms with Crippen LogP contribution in [-0.4, -0.2) is 30.2 Å². The summed E-state index contributed by atoms with van der Waals surface area (Å²) in [6.45, 7) is 6.36. The summed E-state index contributed by atoms with van der Waals surface area (Å²) in [6, 6.07) is 0.507. The van der Waals surface area contributed by atoms with Gasteiger partial charge >= 0.3 is 0 Å². The third-order valence-electron chi connectivity index (χ3n) is 3.78. The molecule has 92 valence electrons. The lowest BCUT2D eigenvalue weighted by molar-refractivity contribution is 0.183. The van der Waals surface area contributed by atoms with Gasteiger partial charge in [0, 0.05) is 12.5 Å². The first kappa shape index (κ1) is 12.3. The topological polar surface area (TPSA) is 27.1 Å². The summed E-state index contributed by atoms with van der Waals surface area (Å²) < 4.78 is 0. The zero-order valence-electron chi connectivity index (χ0n) is 10.5. The fraction of sp³-hybridized carbons (Fsp3) is 0.533. The lowest BCUT2D eigenvalue weighted by atomic mass is 9.89. The van der Waals surface area contributed by atoms with Crippen molar-refractivity contribution >= 4 is 6.21 Å². The monoisotopic (exact) mass is 230 g/mol. The smallest absolute Gasteiger partial charge is 0.0385 e. The Bertz CT molecular complexity index is 346. The molecule has 2 aliphatic rings. The van der Waals surface area contributed by atoms with E-state index in [9.17, 15) is 0 Å². The van der Waals surface area contributed by atoms with Crippen LogP contribution in [0.1, 0.15) is 32.1 Å². The minimum atomic E-state index is 0.507. The molecule has 2 rings (SSSR count). The SMILES string of the molecule is C=CC1=CC=C(CC=N)CC1N1CCCCC1. The summed E-state index contributed by atoms with van der Waals surface area (Å²) >= 11 is 0. The normalized spacial score (nSPS) is 26.0. The van der Waals surface area contributed by atoms with E-state index in [0.717, 1.165) is 12.8 Å². The lowest BCUT2D eigenvalue weighted by Crippen LogP contribution is -2.41. The van der Waals surface area contributed by atoms with Crippen LogP contribution >= 0.6 is 0 Å². The molecule has 0 radical (unpaired) electrons. The molecule has 1 aliphatic heterocycles. The Morgan fingerprint density at radius 1 is 1.29 bits per heavy atom. The van der Waals surface area contributed by atoms with Gasteiger partial charge in [-0.2, -0.15) is 0 Å². The average molecular weight is 230 g/mol. The Hall–Kier alpha value is -1.15.